The van der Waals surface area contributed by atoms with E-state index in [9.17, 15) is 0 Å². The van der Waals surface area contributed by atoms with Crippen LogP contribution in [0.25, 0.3) is 0 Å². The third kappa shape index (κ3) is 2.07. The summed E-state index contributed by atoms with van der Waals surface area (Å²) in [7, 11) is 0. The molecule has 1 heterocycles. The molecule has 0 aromatic carbocycles. The van der Waals surface area contributed by atoms with E-state index in [0.29, 0.717) is 24.0 Å². The summed E-state index contributed by atoms with van der Waals surface area (Å²) in [6.07, 6.45) is 0.359. The van der Waals surface area contributed by atoms with Gasteiger partial charge in [-0.05, 0) is 32.6 Å². The van der Waals surface area contributed by atoms with Gasteiger partial charge in [0, 0.05) is 12.6 Å². The maximum Gasteiger partial charge on any atom is 0.127 e. The number of nitrogens with zero attached hydrogens (tertiary/aromatic N) is 1. The van der Waals surface area contributed by atoms with Crippen molar-refractivity contribution in [3.63, 3.8) is 0 Å². The lowest BCUT2D eigenvalue weighted by Gasteiger charge is -2.45. The van der Waals surface area contributed by atoms with Gasteiger partial charge in [-0.3, -0.25) is 4.90 Å². The molecule has 0 aromatic heterocycles. The fourth-order valence-corrected chi connectivity index (χ4v) is 3.06. The Balaban J connectivity index is 3.03. The number of hydrogen-bond donors (Lipinski definition) is 0. The zero-order valence-electron chi connectivity index (χ0n) is 11.4. The second-order valence-corrected chi connectivity index (χ2v) is 5.74. The van der Waals surface area contributed by atoms with Gasteiger partial charge in [0.2, 0.25) is 0 Å². The van der Waals surface area contributed by atoms with E-state index in [0.717, 1.165) is 6.54 Å². The maximum atomic E-state index is 6.27. The summed E-state index contributed by atoms with van der Waals surface area (Å²) in [6.45, 7) is 16.9. The Bertz CT molecular complexity index is 203. The first-order chi connectivity index (χ1) is 6.82. The van der Waals surface area contributed by atoms with Crippen molar-refractivity contribution in [3.05, 3.63) is 0 Å². The topological polar surface area (TPSA) is 12.5 Å². The van der Waals surface area contributed by atoms with E-state index in [-0.39, 0.29) is 5.72 Å². The average Bonchev–Trinajstić information content (AvgIpc) is 2.43. The van der Waals surface area contributed by atoms with E-state index in [2.05, 4.69) is 53.4 Å². The van der Waals surface area contributed by atoms with Gasteiger partial charge in [-0.1, -0.05) is 27.7 Å². The van der Waals surface area contributed by atoms with Crippen LogP contribution in [0.4, 0.5) is 0 Å². The minimum absolute atomic E-state index is 0.0619. The normalized spacial score (nSPS) is 27.2. The Labute approximate surface area is 95.0 Å². The highest BCUT2D eigenvalue weighted by Crippen LogP contribution is 2.41. The van der Waals surface area contributed by atoms with Gasteiger partial charge < -0.3 is 4.74 Å². The third-order valence-corrected chi connectivity index (χ3v) is 3.57. The van der Waals surface area contributed by atoms with Crippen molar-refractivity contribution in [2.45, 2.75) is 66.3 Å². The SMILES string of the molecule is CC1CN(C(C)C)C(C(C)C)(C(C)C)O1. The number of rotatable bonds is 3. The maximum absolute atomic E-state index is 6.27. The summed E-state index contributed by atoms with van der Waals surface area (Å²) < 4.78 is 6.27. The lowest BCUT2D eigenvalue weighted by Crippen LogP contribution is -2.55. The lowest BCUT2D eigenvalue weighted by molar-refractivity contribution is -0.171. The molecule has 0 aliphatic carbocycles. The van der Waals surface area contributed by atoms with Crippen LogP contribution in [0.5, 0.6) is 0 Å². The van der Waals surface area contributed by atoms with E-state index in [4.69, 9.17) is 4.74 Å². The first kappa shape index (κ1) is 13.0. The van der Waals surface area contributed by atoms with Crippen molar-refractivity contribution in [2.24, 2.45) is 11.8 Å². The molecule has 2 heteroatoms. The third-order valence-electron chi connectivity index (χ3n) is 3.57. The molecule has 0 aromatic rings. The summed E-state index contributed by atoms with van der Waals surface area (Å²) in [5.74, 6) is 1.06. The molecule has 90 valence electrons. The van der Waals surface area contributed by atoms with Crippen molar-refractivity contribution in [1.82, 2.24) is 4.90 Å². The summed E-state index contributed by atoms with van der Waals surface area (Å²) >= 11 is 0. The number of hydrogen-bond acceptors (Lipinski definition) is 2. The van der Waals surface area contributed by atoms with Crippen molar-refractivity contribution >= 4 is 0 Å². The minimum atomic E-state index is -0.0619. The molecule has 0 saturated carbocycles. The highest BCUT2D eigenvalue weighted by Gasteiger charge is 2.50. The molecule has 1 rings (SSSR count). The lowest BCUT2D eigenvalue weighted by atomic mass is 9.86. The average molecular weight is 213 g/mol. The van der Waals surface area contributed by atoms with Gasteiger partial charge in [0.25, 0.3) is 0 Å². The van der Waals surface area contributed by atoms with Crippen LogP contribution in [0, 0.1) is 11.8 Å². The predicted octanol–water partition coefficient (Wildman–Crippen LogP) is 3.12. The molecular formula is C13H27NO. The molecule has 1 aliphatic rings. The van der Waals surface area contributed by atoms with Gasteiger partial charge in [-0.25, -0.2) is 0 Å². The smallest absolute Gasteiger partial charge is 0.127 e. The Morgan fingerprint density at radius 3 is 1.80 bits per heavy atom. The Morgan fingerprint density at radius 2 is 1.53 bits per heavy atom. The molecule has 1 saturated heterocycles. The summed E-state index contributed by atoms with van der Waals surface area (Å²) in [5.41, 5.74) is -0.0619. The van der Waals surface area contributed by atoms with Crippen molar-refractivity contribution in [2.75, 3.05) is 6.54 Å². The van der Waals surface area contributed by atoms with Crippen LogP contribution < -0.4 is 0 Å². The van der Waals surface area contributed by atoms with Gasteiger partial charge in [0.1, 0.15) is 5.72 Å². The van der Waals surface area contributed by atoms with Crippen LogP contribution in [0.2, 0.25) is 0 Å². The highest BCUT2D eigenvalue weighted by molar-refractivity contribution is 4.95. The van der Waals surface area contributed by atoms with Crippen LogP contribution in [0.1, 0.15) is 48.5 Å². The number of ether oxygens (including phenoxy) is 1. The fourth-order valence-electron chi connectivity index (χ4n) is 3.06. The first-order valence-electron chi connectivity index (χ1n) is 6.26. The van der Waals surface area contributed by atoms with Gasteiger partial charge in [-0.15, -0.1) is 0 Å². The molecule has 0 bridgehead atoms. The first-order valence-corrected chi connectivity index (χ1v) is 6.26. The zero-order chi connectivity index (χ0) is 11.8. The van der Waals surface area contributed by atoms with Gasteiger partial charge in [0.05, 0.1) is 6.10 Å². The second-order valence-electron chi connectivity index (χ2n) is 5.74. The monoisotopic (exact) mass is 213 g/mol. The van der Waals surface area contributed by atoms with Crippen molar-refractivity contribution in [3.8, 4) is 0 Å². The Morgan fingerprint density at radius 1 is 1.07 bits per heavy atom. The molecule has 0 amide bonds. The van der Waals surface area contributed by atoms with Gasteiger partial charge >= 0.3 is 0 Å². The molecule has 1 unspecified atom stereocenters. The molecule has 0 spiro atoms. The highest BCUT2D eigenvalue weighted by atomic mass is 16.5. The molecule has 1 fully saturated rings. The van der Waals surface area contributed by atoms with E-state index in [1.54, 1.807) is 0 Å². The summed E-state index contributed by atoms with van der Waals surface area (Å²) in [6, 6.07) is 0.555. The van der Waals surface area contributed by atoms with E-state index in [1.807, 2.05) is 0 Å². The van der Waals surface area contributed by atoms with Crippen molar-refractivity contribution in [1.29, 1.82) is 0 Å². The van der Waals surface area contributed by atoms with Gasteiger partial charge in [0.15, 0.2) is 0 Å². The van der Waals surface area contributed by atoms with E-state index in [1.165, 1.54) is 0 Å². The molecule has 15 heavy (non-hydrogen) atoms. The Kier molecular flexibility index (Phi) is 3.83. The quantitative estimate of drug-likeness (QED) is 0.714. The van der Waals surface area contributed by atoms with Crippen LogP contribution in [-0.2, 0) is 4.74 Å². The summed E-state index contributed by atoms with van der Waals surface area (Å²) in [4.78, 5) is 2.53. The van der Waals surface area contributed by atoms with Crippen LogP contribution in [-0.4, -0.2) is 29.3 Å². The molecular weight excluding hydrogens is 186 g/mol. The summed E-state index contributed by atoms with van der Waals surface area (Å²) in [5, 5.41) is 0. The second kappa shape index (κ2) is 4.42. The molecule has 1 aliphatic heterocycles. The Hall–Kier alpha value is -0.0800. The standard InChI is InChI=1S/C13H27NO/c1-9(2)13(10(3)4)14(11(5)6)8-12(7)15-13/h9-12H,8H2,1-7H3. The molecule has 0 radical (unpaired) electrons. The molecule has 1 atom stereocenters. The largest absolute Gasteiger partial charge is 0.356 e. The van der Waals surface area contributed by atoms with E-state index < -0.39 is 0 Å². The zero-order valence-corrected chi connectivity index (χ0v) is 11.4. The van der Waals surface area contributed by atoms with E-state index >= 15 is 0 Å². The molecule has 0 N–H and O–H groups in total. The van der Waals surface area contributed by atoms with Crippen molar-refractivity contribution < 1.29 is 4.74 Å². The van der Waals surface area contributed by atoms with Gasteiger partial charge in [-0.2, -0.15) is 0 Å². The molecule has 2 nitrogen and oxygen atoms in total. The van der Waals surface area contributed by atoms with Crippen LogP contribution in [0.15, 0.2) is 0 Å². The fraction of sp³-hybridized carbons (Fsp3) is 1.00. The van der Waals surface area contributed by atoms with Crippen LogP contribution >= 0.6 is 0 Å². The predicted molar refractivity (Wildman–Crippen MR) is 64.8 cm³/mol. The van der Waals surface area contributed by atoms with Crippen LogP contribution in [0.3, 0.4) is 0 Å². The minimum Gasteiger partial charge on any atom is -0.356 e.